The lowest BCUT2D eigenvalue weighted by Gasteiger charge is -2.11. The van der Waals surface area contributed by atoms with Crippen LogP contribution in [0.25, 0.3) is 10.2 Å². The van der Waals surface area contributed by atoms with Crippen LogP contribution in [0.2, 0.25) is 10.0 Å². The molecule has 1 fully saturated rings. The third-order valence-corrected chi connectivity index (χ3v) is 6.15. The van der Waals surface area contributed by atoms with Gasteiger partial charge in [0, 0.05) is 11.4 Å². The number of carbonyl (C=O) groups is 1. The summed E-state index contributed by atoms with van der Waals surface area (Å²) in [5, 5.41) is 4.90. The van der Waals surface area contributed by atoms with Crippen molar-refractivity contribution in [3.63, 3.8) is 0 Å². The van der Waals surface area contributed by atoms with E-state index in [1.54, 1.807) is 0 Å². The number of halogens is 2. The third kappa shape index (κ3) is 2.65. The number of nitrogens with one attached hydrogen (secondary N) is 1. The lowest BCUT2D eigenvalue weighted by Crippen LogP contribution is -2.33. The van der Waals surface area contributed by atoms with Crippen LogP contribution < -0.4 is 5.32 Å². The number of thiophene rings is 1. The molecule has 1 amide bonds. The van der Waals surface area contributed by atoms with E-state index in [1.165, 1.54) is 24.2 Å². The fraction of sp³-hybridized carbons (Fsp3) is 0.467. The molecule has 1 aliphatic rings. The minimum Gasteiger partial charge on any atom is -0.349 e. The SMILES string of the molecule is Cc1nc2sc(C(=O)N[C@H](C)C3CC3)c(Cl)c2c(C)c1Cl. The molecule has 0 aliphatic heterocycles. The van der Waals surface area contributed by atoms with Crippen LogP contribution in [0.4, 0.5) is 0 Å². The van der Waals surface area contributed by atoms with Crippen molar-refractivity contribution in [1.29, 1.82) is 0 Å². The van der Waals surface area contributed by atoms with Gasteiger partial charge in [0.05, 0.1) is 15.7 Å². The van der Waals surface area contributed by atoms with Crippen molar-refractivity contribution in [2.24, 2.45) is 5.92 Å². The molecule has 6 heteroatoms. The van der Waals surface area contributed by atoms with E-state index >= 15 is 0 Å². The largest absolute Gasteiger partial charge is 0.349 e. The Bertz CT molecular complexity index is 737. The first kappa shape index (κ1) is 15.1. The first-order valence-corrected chi connectivity index (χ1v) is 8.53. The van der Waals surface area contributed by atoms with E-state index in [1.807, 2.05) is 20.8 Å². The fourth-order valence-corrected chi connectivity index (χ4v) is 4.22. The lowest BCUT2D eigenvalue weighted by molar-refractivity contribution is 0.0940. The lowest BCUT2D eigenvalue weighted by atomic mass is 10.1. The van der Waals surface area contributed by atoms with Crippen molar-refractivity contribution in [3.05, 3.63) is 26.2 Å². The number of fused-ring (bicyclic) bond motifs is 1. The van der Waals surface area contributed by atoms with Crippen LogP contribution in [0, 0.1) is 19.8 Å². The van der Waals surface area contributed by atoms with Crippen LogP contribution in [0.1, 0.15) is 40.7 Å². The molecule has 3 rings (SSSR count). The number of hydrogen-bond donors (Lipinski definition) is 1. The number of rotatable bonds is 3. The molecule has 0 spiro atoms. The first-order chi connectivity index (χ1) is 9.90. The smallest absolute Gasteiger partial charge is 0.263 e. The summed E-state index contributed by atoms with van der Waals surface area (Å²) in [6.45, 7) is 5.81. The Morgan fingerprint density at radius 1 is 1.33 bits per heavy atom. The highest BCUT2D eigenvalue weighted by Gasteiger charge is 2.30. The number of hydrogen-bond acceptors (Lipinski definition) is 3. The van der Waals surface area contributed by atoms with Gasteiger partial charge < -0.3 is 5.32 Å². The topological polar surface area (TPSA) is 42.0 Å². The standard InChI is InChI=1S/C15H16Cl2N2OS/c1-6-10-12(17)13(14(20)18-7(2)9-4-5-9)21-15(10)19-8(3)11(6)16/h7,9H,4-5H2,1-3H3,(H,18,20)/t7-/m1/s1. The fourth-order valence-electron chi connectivity index (χ4n) is 2.52. The highest BCUT2D eigenvalue weighted by atomic mass is 35.5. The Morgan fingerprint density at radius 2 is 2.00 bits per heavy atom. The van der Waals surface area contributed by atoms with E-state index in [4.69, 9.17) is 23.2 Å². The molecule has 2 aromatic heterocycles. The highest BCUT2D eigenvalue weighted by Crippen LogP contribution is 2.39. The van der Waals surface area contributed by atoms with Crippen molar-refractivity contribution in [2.75, 3.05) is 0 Å². The molecule has 0 aromatic carbocycles. The average molecular weight is 343 g/mol. The van der Waals surface area contributed by atoms with Crippen LogP contribution in [-0.2, 0) is 0 Å². The molecule has 0 saturated heterocycles. The van der Waals surface area contributed by atoms with Crippen LogP contribution in [-0.4, -0.2) is 16.9 Å². The molecule has 0 unspecified atom stereocenters. The van der Waals surface area contributed by atoms with Crippen molar-refractivity contribution < 1.29 is 4.79 Å². The van der Waals surface area contributed by atoms with E-state index in [9.17, 15) is 4.79 Å². The van der Waals surface area contributed by atoms with Crippen molar-refractivity contribution in [1.82, 2.24) is 10.3 Å². The second kappa shape index (κ2) is 5.41. The molecule has 21 heavy (non-hydrogen) atoms. The molecule has 2 heterocycles. The number of pyridine rings is 1. The van der Waals surface area contributed by atoms with Crippen LogP contribution in [0.3, 0.4) is 0 Å². The maximum atomic E-state index is 12.4. The molecule has 112 valence electrons. The Kier molecular flexibility index (Phi) is 3.89. The first-order valence-electron chi connectivity index (χ1n) is 6.95. The van der Waals surface area contributed by atoms with Gasteiger partial charge in [-0.25, -0.2) is 4.98 Å². The molecule has 1 saturated carbocycles. The van der Waals surface area contributed by atoms with Gasteiger partial charge in [-0.3, -0.25) is 4.79 Å². The van der Waals surface area contributed by atoms with Crippen molar-refractivity contribution in [3.8, 4) is 0 Å². The van der Waals surface area contributed by atoms with Gasteiger partial charge in [-0.2, -0.15) is 0 Å². The van der Waals surface area contributed by atoms with Gasteiger partial charge in [0.1, 0.15) is 9.71 Å². The summed E-state index contributed by atoms with van der Waals surface area (Å²) >= 11 is 14.0. The number of aryl methyl sites for hydroxylation is 2. The van der Waals surface area contributed by atoms with Crippen LogP contribution in [0.15, 0.2) is 0 Å². The summed E-state index contributed by atoms with van der Waals surface area (Å²) in [5.41, 5.74) is 1.65. The summed E-state index contributed by atoms with van der Waals surface area (Å²) in [4.78, 5) is 18.2. The summed E-state index contributed by atoms with van der Waals surface area (Å²) in [6.07, 6.45) is 2.38. The zero-order valence-corrected chi connectivity index (χ0v) is 14.4. The molecule has 1 atom stereocenters. The van der Waals surface area contributed by atoms with Gasteiger partial charge in [-0.1, -0.05) is 23.2 Å². The number of aromatic nitrogens is 1. The van der Waals surface area contributed by atoms with E-state index < -0.39 is 0 Å². The second-order valence-electron chi connectivity index (χ2n) is 5.66. The van der Waals surface area contributed by atoms with Crippen molar-refractivity contribution >= 4 is 50.7 Å². The van der Waals surface area contributed by atoms with E-state index in [2.05, 4.69) is 10.3 Å². The van der Waals surface area contributed by atoms with E-state index in [0.29, 0.717) is 20.8 Å². The Morgan fingerprint density at radius 3 is 2.62 bits per heavy atom. The number of carbonyl (C=O) groups excluding carboxylic acids is 1. The van der Waals surface area contributed by atoms with Gasteiger partial charge >= 0.3 is 0 Å². The number of amides is 1. The quantitative estimate of drug-likeness (QED) is 0.874. The Hall–Kier alpha value is -0.840. The molecule has 0 radical (unpaired) electrons. The minimum absolute atomic E-state index is 0.115. The maximum Gasteiger partial charge on any atom is 0.263 e. The third-order valence-electron chi connectivity index (χ3n) is 4.02. The van der Waals surface area contributed by atoms with Gasteiger partial charge in [0.25, 0.3) is 5.91 Å². The molecule has 0 bridgehead atoms. The number of nitrogens with zero attached hydrogens (tertiary/aromatic N) is 1. The summed E-state index contributed by atoms with van der Waals surface area (Å²) in [6, 6.07) is 0.193. The Balaban J connectivity index is 2.01. The predicted molar refractivity (Wildman–Crippen MR) is 88.8 cm³/mol. The van der Waals surface area contributed by atoms with E-state index in [-0.39, 0.29) is 11.9 Å². The molecule has 1 N–H and O–H groups in total. The normalized spacial score (nSPS) is 16.2. The van der Waals surface area contributed by atoms with Gasteiger partial charge in [-0.15, -0.1) is 11.3 Å². The summed E-state index contributed by atoms with van der Waals surface area (Å²) in [7, 11) is 0. The molecular formula is C15H16Cl2N2OS. The summed E-state index contributed by atoms with van der Waals surface area (Å²) in [5.74, 6) is 0.495. The van der Waals surface area contributed by atoms with Gasteiger partial charge in [0.15, 0.2) is 0 Å². The van der Waals surface area contributed by atoms with Crippen LogP contribution >= 0.6 is 34.5 Å². The maximum absolute atomic E-state index is 12.4. The monoisotopic (exact) mass is 342 g/mol. The molecule has 2 aromatic rings. The highest BCUT2D eigenvalue weighted by molar-refractivity contribution is 7.21. The average Bonchev–Trinajstić information content (AvgIpc) is 3.21. The van der Waals surface area contributed by atoms with Gasteiger partial charge in [0.2, 0.25) is 0 Å². The molecular weight excluding hydrogens is 327 g/mol. The zero-order valence-electron chi connectivity index (χ0n) is 12.1. The molecule has 3 nitrogen and oxygen atoms in total. The Labute approximate surface area is 137 Å². The second-order valence-corrected chi connectivity index (χ2v) is 7.42. The predicted octanol–water partition coefficient (Wildman–Crippen LogP) is 4.75. The summed E-state index contributed by atoms with van der Waals surface area (Å²) < 4.78 is 0. The molecule has 1 aliphatic carbocycles. The minimum atomic E-state index is -0.115. The van der Waals surface area contributed by atoms with Crippen LogP contribution in [0.5, 0.6) is 0 Å². The van der Waals surface area contributed by atoms with Gasteiger partial charge in [-0.05, 0) is 45.1 Å². The van der Waals surface area contributed by atoms with Crippen molar-refractivity contribution in [2.45, 2.75) is 39.7 Å². The zero-order chi connectivity index (χ0) is 15.3. The van der Waals surface area contributed by atoms with E-state index in [0.717, 1.165) is 21.5 Å².